The highest BCUT2D eigenvalue weighted by atomic mass is 35.5. The summed E-state index contributed by atoms with van der Waals surface area (Å²) < 4.78 is 13.5. The summed E-state index contributed by atoms with van der Waals surface area (Å²) in [6, 6.07) is 4.03. The van der Waals surface area contributed by atoms with E-state index in [2.05, 4.69) is 22.2 Å². The number of nitrogens with zero attached hydrogens (tertiary/aromatic N) is 2. The molecule has 3 nitrogen and oxygen atoms in total. The lowest BCUT2D eigenvalue weighted by molar-refractivity contribution is 0.563. The van der Waals surface area contributed by atoms with E-state index in [0.29, 0.717) is 16.4 Å². The van der Waals surface area contributed by atoms with Crippen LogP contribution in [0.5, 0.6) is 0 Å². The van der Waals surface area contributed by atoms with Gasteiger partial charge in [-0.1, -0.05) is 18.5 Å². The largest absolute Gasteiger partial charge is 0.304 e. The number of benzene rings is 1. The molecule has 2 rings (SSSR count). The number of hydrogen-bond donors (Lipinski definition) is 1. The van der Waals surface area contributed by atoms with Crippen molar-refractivity contribution in [2.45, 2.75) is 26.3 Å². The Morgan fingerprint density at radius 1 is 1.30 bits per heavy atom. The molecule has 106 valence electrons. The Morgan fingerprint density at radius 3 is 2.65 bits per heavy atom. The molecular weight excluding hydrogens is 277 g/mol. The van der Waals surface area contributed by atoms with Crippen LogP contribution in [0.2, 0.25) is 5.02 Å². The summed E-state index contributed by atoms with van der Waals surface area (Å²) in [4.78, 5) is 8.65. The summed E-state index contributed by atoms with van der Waals surface area (Å²) in [5.41, 5.74) is 1.64. The molecular formula is C15H17ClFN3. The third-order valence-corrected chi connectivity index (χ3v) is 3.27. The van der Waals surface area contributed by atoms with E-state index in [1.54, 1.807) is 18.5 Å². The summed E-state index contributed by atoms with van der Waals surface area (Å²) in [5, 5.41) is 3.82. The lowest BCUT2D eigenvalue weighted by Gasteiger charge is -2.19. The van der Waals surface area contributed by atoms with Gasteiger partial charge >= 0.3 is 0 Å². The number of rotatable bonds is 5. The van der Waals surface area contributed by atoms with E-state index >= 15 is 0 Å². The highest BCUT2D eigenvalue weighted by Crippen LogP contribution is 2.27. The van der Waals surface area contributed by atoms with Gasteiger partial charge in [-0.2, -0.15) is 0 Å². The zero-order valence-electron chi connectivity index (χ0n) is 11.5. The minimum atomic E-state index is -0.320. The van der Waals surface area contributed by atoms with Crippen LogP contribution in [-0.2, 0) is 0 Å². The normalized spacial score (nSPS) is 12.4. The summed E-state index contributed by atoms with van der Waals surface area (Å²) >= 11 is 6.19. The fraction of sp³-hybridized carbons (Fsp3) is 0.333. The third-order valence-electron chi connectivity index (χ3n) is 2.93. The van der Waals surface area contributed by atoms with Crippen LogP contribution in [0.4, 0.5) is 4.39 Å². The molecule has 1 atom stereocenters. The minimum Gasteiger partial charge on any atom is -0.304 e. The standard InChI is InChI=1S/C15H17ClFN3/c1-3-6-18-14(15-19-8-10(2)9-20-15)12-7-11(17)4-5-13(12)16/h4-5,7-9,14,18H,3,6H2,1-2H3. The monoisotopic (exact) mass is 293 g/mol. The van der Waals surface area contributed by atoms with E-state index in [9.17, 15) is 4.39 Å². The van der Waals surface area contributed by atoms with Gasteiger partial charge in [0.2, 0.25) is 0 Å². The van der Waals surface area contributed by atoms with Crippen molar-refractivity contribution in [1.29, 1.82) is 0 Å². The minimum absolute atomic E-state index is 0.307. The first-order valence-corrected chi connectivity index (χ1v) is 6.96. The van der Waals surface area contributed by atoms with E-state index in [0.717, 1.165) is 18.5 Å². The van der Waals surface area contributed by atoms with Gasteiger partial charge in [0.1, 0.15) is 11.6 Å². The molecule has 1 aromatic heterocycles. The molecule has 0 saturated carbocycles. The zero-order valence-corrected chi connectivity index (χ0v) is 12.3. The quantitative estimate of drug-likeness (QED) is 0.914. The molecule has 0 aliphatic carbocycles. The Hall–Kier alpha value is -1.52. The van der Waals surface area contributed by atoms with Crippen molar-refractivity contribution >= 4 is 11.6 Å². The first kappa shape index (κ1) is 14.9. The van der Waals surface area contributed by atoms with Gasteiger partial charge in [0, 0.05) is 17.4 Å². The second kappa shape index (κ2) is 6.77. The number of aromatic nitrogens is 2. The van der Waals surface area contributed by atoms with E-state index in [1.807, 2.05) is 6.92 Å². The van der Waals surface area contributed by atoms with Gasteiger partial charge in [-0.05, 0) is 49.2 Å². The Balaban J connectivity index is 2.41. The maximum absolute atomic E-state index is 13.5. The van der Waals surface area contributed by atoms with E-state index in [1.165, 1.54) is 12.1 Å². The van der Waals surface area contributed by atoms with Gasteiger partial charge in [-0.15, -0.1) is 0 Å². The fourth-order valence-electron chi connectivity index (χ4n) is 1.92. The zero-order chi connectivity index (χ0) is 14.5. The summed E-state index contributed by atoms with van der Waals surface area (Å²) in [6.07, 6.45) is 4.45. The van der Waals surface area contributed by atoms with Gasteiger partial charge in [-0.25, -0.2) is 14.4 Å². The van der Waals surface area contributed by atoms with Crippen molar-refractivity contribution in [2.75, 3.05) is 6.54 Å². The maximum atomic E-state index is 13.5. The molecule has 0 aliphatic rings. The Morgan fingerprint density at radius 2 is 2.00 bits per heavy atom. The average Bonchev–Trinajstić information content (AvgIpc) is 2.44. The summed E-state index contributed by atoms with van der Waals surface area (Å²) in [6.45, 7) is 4.76. The highest BCUT2D eigenvalue weighted by molar-refractivity contribution is 6.31. The molecule has 0 bridgehead atoms. The molecule has 5 heteroatoms. The topological polar surface area (TPSA) is 37.8 Å². The van der Waals surface area contributed by atoms with Gasteiger partial charge in [0.05, 0.1) is 6.04 Å². The fourth-order valence-corrected chi connectivity index (χ4v) is 2.14. The van der Waals surface area contributed by atoms with Crippen LogP contribution >= 0.6 is 11.6 Å². The first-order chi connectivity index (χ1) is 9.61. The number of hydrogen-bond acceptors (Lipinski definition) is 3. The van der Waals surface area contributed by atoms with Crippen LogP contribution in [0.3, 0.4) is 0 Å². The van der Waals surface area contributed by atoms with Crippen molar-refractivity contribution in [2.24, 2.45) is 0 Å². The average molecular weight is 294 g/mol. The predicted octanol–water partition coefficient (Wildman–Crippen LogP) is 3.67. The van der Waals surface area contributed by atoms with Crippen molar-refractivity contribution in [3.63, 3.8) is 0 Å². The SMILES string of the molecule is CCCNC(c1ncc(C)cn1)c1cc(F)ccc1Cl. The molecule has 0 amide bonds. The van der Waals surface area contributed by atoms with Gasteiger partial charge < -0.3 is 5.32 Å². The molecule has 2 aromatic rings. The van der Waals surface area contributed by atoms with Gasteiger partial charge in [0.25, 0.3) is 0 Å². The van der Waals surface area contributed by atoms with Crippen molar-refractivity contribution in [3.05, 3.63) is 58.4 Å². The maximum Gasteiger partial charge on any atom is 0.149 e. The molecule has 0 spiro atoms. The predicted molar refractivity (Wildman–Crippen MR) is 78.3 cm³/mol. The molecule has 0 aliphatic heterocycles. The van der Waals surface area contributed by atoms with Crippen LogP contribution in [0, 0.1) is 12.7 Å². The third kappa shape index (κ3) is 3.52. The van der Waals surface area contributed by atoms with Crippen molar-refractivity contribution in [1.82, 2.24) is 15.3 Å². The van der Waals surface area contributed by atoms with E-state index in [-0.39, 0.29) is 11.9 Å². The molecule has 1 aromatic carbocycles. The number of nitrogens with one attached hydrogen (secondary N) is 1. The Kier molecular flexibility index (Phi) is 5.04. The smallest absolute Gasteiger partial charge is 0.149 e. The molecule has 1 unspecified atom stereocenters. The molecule has 0 radical (unpaired) electrons. The lowest BCUT2D eigenvalue weighted by atomic mass is 10.1. The summed E-state index contributed by atoms with van der Waals surface area (Å²) in [5.74, 6) is 0.274. The molecule has 1 heterocycles. The first-order valence-electron chi connectivity index (χ1n) is 6.58. The van der Waals surface area contributed by atoms with Crippen LogP contribution in [-0.4, -0.2) is 16.5 Å². The second-order valence-corrected chi connectivity index (χ2v) is 5.08. The molecule has 1 N–H and O–H groups in total. The highest BCUT2D eigenvalue weighted by Gasteiger charge is 2.19. The second-order valence-electron chi connectivity index (χ2n) is 4.67. The van der Waals surface area contributed by atoms with Crippen LogP contribution in [0.25, 0.3) is 0 Å². The van der Waals surface area contributed by atoms with Crippen molar-refractivity contribution < 1.29 is 4.39 Å². The van der Waals surface area contributed by atoms with Gasteiger partial charge in [0.15, 0.2) is 0 Å². The van der Waals surface area contributed by atoms with Crippen molar-refractivity contribution in [3.8, 4) is 0 Å². The van der Waals surface area contributed by atoms with Crippen LogP contribution in [0.1, 0.15) is 36.3 Å². The molecule has 20 heavy (non-hydrogen) atoms. The van der Waals surface area contributed by atoms with E-state index < -0.39 is 0 Å². The van der Waals surface area contributed by atoms with Crippen LogP contribution in [0.15, 0.2) is 30.6 Å². The lowest BCUT2D eigenvalue weighted by Crippen LogP contribution is -2.25. The van der Waals surface area contributed by atoms with E-state index in [4.69, 9.17) is 11.6 Å². The Bertz CT molecular complexity index is 572. The van der Waals surface area contributed by atoms with Crippen LogP contribution < -0.4 is 5.32 Å². The summed E-state index contributed by atoms with van der Waals surface area (Å²) in [7, 11) is 0. The Labute approximate surface area is 123 Å². The number of aryl methyl sites for hydroxylation is 1. The molecule has 0 fully saturated rings. The molecule has 0 saturated heterocycles. The number of halogens is 2. The van der Waals surface area contributed by atoms with Gasteiger partial charge in [-0.3, -0.25) is 0 Å².